The molecule has 0 radical (unpaired) electrons. The SMILES string of the molecule is CC(C)(C)OC(=O)N1CCC2(CCc3cc(Br)cc(F)c3O2)CC1. The molecule has 1 spiro atoms. The Morgan fingerprint density at radius 2 is 1.96 bits per heavy atom. The third kappa shape index (κ3) is 3.68. The number of likely N-dealkylation sites (tertiary alicyclic amines) is 1. The minimum atomic E-state index is -0.497. The molecular weight excluding hydrogens is 377 g/mol. The summed E-state index contributed by atoms with van der Waals surface area (Å²) in [5.74, 6) is 0.0446. The van der Waals surface area contributed by atoms with Gasteiger partial charge in [0.25, 0.3) is 0 Å². The molecule has 2 heterocycles. The van der Waals surface area contributed by atoms with Gasteiger partial charge in [0.15, 0.2) is 11.6 Å². The zero-order valence-electron chi connectivity index (χ0n) is 14.3. The summed E-state index contributed by atoms with van der Waals surface area (Å²) >= 11 is 3.32. The normalized spacial score (nSPS) is 19.6. The maximum Gasteiger partial charge on any atom is 0.410 e. The van der Waals surface area contributed by atoms with Crippen LogP contribution in [0.1, 0.15) is 45.6 Å². The monoisotopic (exact) mass is 399 g/mol. The minimum absolute atomic E-state index is 0.288. The Balaban J connectivity index is 1.67. The van der Waals surface area contributed by atoms with Crippen LogP contribution in [-0.4, -0.2) is 35.3 Å². The lowest BCUT2D eigenvalue weighted by Gasteiger charge is -2.44. The molecule has 1 aromatic rings. The molecule has 0 aliphatic carbocycles. The summed E-state index contributed by atoms with van der Waals surface area (Å²) in [6.45, 7) is 6.72. The highest BCUT2D eigenvalue weighted by Gasteiger charge is 2.42. The number of carbonyl (C=O) groups excluding carboxylic acids is 1. The van der Waals surface area contributed by atoms with Gasteiger partial charge in [0.2, 0.25) is 0 Å². The van der Waals surface area contributed by atoms with Crippen molar-refractivity contribution < 1.29 is 18.7 Å². The van der Waals surface area contributed by atoms with Crippen LogP contribution in [0.15, 0.2) is 16.6 Å². The number of aryl methyl sites for hydroxylation is 1. The van der Waals surface area contributed by atoms with E-state index in [1.54, 1.807) is 4.90 Å². The Hall–Kier alpha value is -1.30. The smallest absolute Gasteiger partial charge is 0.410 e. The summed E-state index contributed by atoms with van der Waals surface area (Å²) in [5.41, 5.74) is 0.0329. The predicted molar refractivity (Wildman–Crippen MR) is 92.8 cm³/mol. The van der Waals surface area contributed by atoms with Crippen molar-refractivity contribution in [2.45, 2.75) is 57.7 Å². The highest BCUT2D eigenvalue weighted by atomic mass is 79.9. The Labute approximate surface area is 150 Å². The van der Waals surface area contributed by atoms with Crippen molar-refractivity contribution in [1.82, 2.24) is 4.90 Å². The molecular formula is C18H23BrFNO3. The van der Waals surface area contributed by atoms with Crippen LogP contribution >= 0.6 is 15.9 Å². The first-order chi connectivity index (χ1) is 11.2. The number of hydrogen-bond acceptors (Lipinski definition) is 3. The topological polar surface area (TPSA) is 38.8 Å². The van der Waals surface area contributed by atoms with E-state index >= 15 is 0 Å². The summed E-state index contributed by atoms with van der Waals surface area (Å²) in [4.78, 5) is 13.9. The van der Waals surface area contributed by atoms with Crippen molar-refractivity contribution in [2.75, 3.05) is 13.1 Å². The van der Waals surface area contributed by atoms with Crippen LogP contribution in [0, 0.1) is 5.82 Å². The summed E-state index contributed by atoms with van der Waals surface area (Å²) in [6, 6.07) is 3.36. The molecule has 24 heavy (non-hydrogen) atoms. The van der Waals surface area contributed by atoms with Crippen molar-refractivity contribution in [1.29, 1.82) is 0 Å². The molecule has 0 bridgehead atoms. The molecule has 0 aromatic heterocycles. The lowest BCUT2D eigenvalue weighted by molar-refractivity contribution is -0.0291. The fraction of sp³-hybridized carbons (Fsp3) is 0.611. The standard InChI is InChI=1S/C18H23BrFNO3/c1-17(2,3)24-16(22)21-8-6-18(7-9-21)5-4-12-10-13(19)11-14(20)15(12)23-18/h10-11H,4-9H2,1-3H3. The Morgan fingerprint density at radius 3 is 2.58 bits per heavy atom. The van der Waals surface area contributed by atoms with E-state index in [0.29, 0.717) is 31.7 Å². The number of fused-ring (bicyclic) bond motifs is 1. The number of ether oxygens (including phenoxy) is 2. The molecule has 0 N–H and O–H groups in total. The fourth-order valence-electron chi connectivity index (χ4n) is 3.32. The highest BCUT2D eigenvalue weighted by Crippen LogP contribution is 2.41. The second kappa shape index (κ2) is 6.21. The van der Waals surface area contributed by atoms with E-state index in [4.69, 9.17) is 9.47 Å². The Morgan fingerprint density at radius 1 is 1.29 bits per heavy atom. The van der Waals surface area contributed by atoms with E-state index in [2.05, 4.69) is 15.9 Å². The molecule has 2 aliphatic heterocycles. The second-order valence-corrected chi connectivity index (χ2v) is 8.54. The van der Waals surface area contributed by atoms with E-state index in [1.165, 1.54) is 6.07 Å². The van der Waals surface area contributed by atoms with Gasteiger partial charge in [0.05, 0.1) is 0 Å². The quantitative estimate of drug-likeness (QED) is 0.635. The van der Waals surface area contributed by atoms with Crippen LogP contribution in [0.25, 0.3) is 0 Å². The molecule has 1 amide bonds. The molecule has 132 valence electrons. The van der Waals surface area contributed by atoms with E-state index < -0.39 is 5.60 Å². The maximum atomic E-state index is 14.2. The van der Waals surface area contributed by atoms with Crippen molar-refractivity contribution >= 4 is 22.0 Å². The zero-order chi connectivity index (χ0) is 17.5. The molecule has 1 fully saturated rings. The summed E-state index contributed by atoms with van der Waals surface area (Å²) in [7, 11) is 0. The first-order valence-corrected chi connectivity index (χ1v) is 9.12. The van der Waals surface area contributed by atoms with Gasteiger partial charge < -0.3 is 14.4 Å². The van der Waals surface area contributed by atoms with Crippen molar-refractivity contribution in [3.05, 3.63) is 28.0 Å². The number of piperidine rings is 1. The van der Waals surface area contributed by atoms with Crippen LogP contribution in [0.2, 0.25) is 0 Å². The van der Waals surface area contributed by atoms with E-state index in [-0.39, 0.29) is 17.5 Å². The number of rotatable bonds is 0. The molecule has 0 saturated carbocycles. The van der Waals surface area contributed by atoms with Crippen LogP contribution in [0.4, 0.5) is 9.18 Å². The van der Waals surface area contributed by atoms with Crippen molar-refractivity contribution in [3.8, 4) is 5.75 Å². The van der Waals surface area contributed by atoms with Gasteiger partial charge in [-0.2, -0.15) is 0 Å². The maximum absolute atomic E-state index is 14.2. The molecule has 0 unspecified atom stereocenters. The summed E-state index contributed by atoms with van der Waals surface area (Å²) in [6.07, 6.45) is 2.74. The zero-order valence-corrected chi connectivity index (χ0v) is 15.9. The van der Waals surface area contributed by atoms with Gasteiger partial charge >= 0.3 is 6.09 Å². The summed E-state index contributed by atoms with van der Waals surface area (Å²) < 4.78 is 26.5. The van der Waals surface area contributed by atoms with Gasteiger partial charge in [-0.25, -0.2) is 9.18 Å². The van der Waals surface area contributed by atoms with Crippen LogP contribution in [-0.2, 0) is 11.2 Å². The fourth-order valence-corrected chi connectivity index (χ4v) is 3.80. The molecule has 4 nitrogen and oxygen atoms in total. The Bertz CT molecular complexity index is 648. The van der Waals surface area contributed by atoms with Crippen LogP contribution < -0.4 is 4.74 Å². The van der Waals surface area contributed by atoms with Gasteiger partial charge in [-0.15, -0.1) is 0 Å². The van der Waals surface area contributed by atoms with Crippen molar-refractivity contribution in [3.63, 3.8) is 0 Å². The van der Waals surface area contributed by atoms with Crippen LogP contribution in [0.5, 0.6) is 5.75 Å². The molecule has 0 atom stereocenters. The first-order valence-electron chi connectivity index (χ1n) is 8.32. The van der Waals surface area contributed by atoms with E-state index in [0.717, 1.165) is 22.9 Å². The molecule has 6 heteroatoms. The first kappa shape index (κ1) is 17.5. The number of halogens is 2. The summed E-state index contributed by atoms with van der Waals surface area (Å²) in [5, 5.41) is 0. The lowest BCUT2D eigenvalue weighted by atomic mass is 9.83. The van der Waals surface area contributed by atoms with E-state index in [1.807, 2.05) is 26.8 Å². The highest BCUT2D eigenvalue weighted by molar-refractivity contribution is 9.10. The average Bonchev–Trinajstić information content (AvgIpc) is 2.47. The predicted octanol–water partition coefficient (Wildman–Crippen LogP) is 4.68. The van der Waals surface area contributed by atoms with Gasteiger partial charge in [-0.1, -0.05) is 15.9 Å². The molecule has 2 aliphatic rings. The number of nitrogens with zero attached hydrogens (tertiary/aromatic N) is 1. The number of carbonyl (C=O) groups is 1. The van der Waals surface area contributed by atoms with Gasteiger partial charge in [0.1, 0.15) is 11.2 Å². The van der Waals surface area contributed by atoms with Crippen LogP contribution in [0.3, 0.4) is 0 Å². The third-order valence-corrected chi connectivity index (χ3v) is 5.04. The number of hydrogen-bond donors (Lipinski definition) is 0. The Kier molecular flexibility index (Phi) is 4.53. The third-order valence-electron chi connectivity index (χ3n) is 4.58. The molecule has 1 aromatic carbocycles. The molecule has 1 saturated heterocycles. The number of amides is 1. The van der Waals surface area contributed by atoms with Crippen molar-refractivity contribution in [2.24, 2.45) is 0 Å². The molecule has 3 rings (SSSR count). The van der Waals surface area contributed by atoms with Gasteiger partial charge in [-0.05, 0) is 51.3 Å². The largest absolute Gasteiger partial charge is 0.484 e. The number of benzene rings is 1. The minimum Gasteiger partial charge on any atom is -0.484 e. The lowest BCUT2D eigenvalue weighted by Crippen LogP contribution is -2.52. The second-order valence-electron chi connectivity index (χ2n) is 7.63. The van der Waals surface area contributed by atoms with E-state index in [9.17, 15) is 9.18 Å². The van der Waals surface area contributed by atoms with Gasteiger partial charge in [-0.3, -0.25) is 0 Å². The van der Waals surface area contributed by atoms with Gasteiger partial charge in [0, 0.05) is 30.4 Å². The average molecular weight is 400 g/mol.